The third kappa shape index (κ3) is 4.07. The lowest BCUT2D eigenvalue weighted by atomic mass is 9.96. The summed E-state index contributed by atoms with van der Waals surface area (Å²) in [6.45, 7) is 0. The Morgan fingerprint density at radius 1 is 1.19 bits per heavy atom. The van der Waals surface area contributed by atoms with Crippen LogP contribution in [0.3, 0.4) is 0 Å². The second-order valence-electron chi connectivity index (χ2n) is 8.04. The lowest BCUT2D eigenvalue weighted by molar-refractivity contribution is 0.103. The summed E-state index contributed by atoms with van der Waals surface area (Å²) in [5.41, 5.74) is 0.411. The van der Waals surface area contributed by atoms with Gasteiger partial charge in [0, 0.05) is 49.0 Å². The molecule has 3 aromatic rings. The fraction of sp³-hybridized carbons (Fsp3) is 0.350. The smallest absolute Gasteiger partial charge is 0.220 e. The van der Waals surface area contributed by atoms with Crippen LogP contribution in [0.15, 0.2) is 35.5 Å². The summed E-state index contributed by atoms with van der Waals surface area (Å²) in [6, 6.07) is 4.11. The van der Waals surface area contributed by atoms with E-state index < -0.39 is 31.2 Å². The highest BCUT2D eigenvalue weighted by atomic mass is 32.2. The highest BCUT2D eigenvalue weighted by Crippen LogP contribution is 2.44. The Kier molecular flexibility index (Phi) is 5.24. The van der Waals surface area contributed by atoms with Crippen molar-refractivity contribution in [2.45, 2.75) is 29.4 Å². The van der Waals surface area contributed by atoms with Gasteiger partial charge in [0.15, 0.2) is 19.7 Å². The van der Waals surface area contributed by atoms with E-state index in [9.17, 15) is 26.7 Å². The summed E-state index contributed by atoms with van der Waals surface area (Å²) in [4.78, 5) is 13.5. The average Bonchev–Trinajstić information content (AvgIpc) is 3.29. The van der Waals surface area contributed by atoms with Crippen molar-refractivity contribution in [1.82, 2.24) is 19.6 Å². The van der Waals surface area contributed by atoms with E-state index in [0.29, 0.717) is 5.69 Å². The standard InChI is InChI=1S/C20H22N4O6S2/c1-23-20(26)16(17(22-23)12-5-6-12)19(25)13-7-8-15(32(3,29)30)18(24-10-4-9-21-24)14(13)11-31(2,27)28/h4,7-10,12,26H,5-6,11H2,1-3H3. The Bertz CT molecular complexity index is 1430. The molecule has 0 aliphatic heterocycles. The molecule has 10 nitrogen and oxygen atoms in total. The van der Waals surface area contributed by atoms with E-state index in [0.717, 1.165) is 25.4 Å². The first kappa shape index (κ1) is 22.2. The van der Waals surface area contributed by atoms with E-state index in [4.69, 9.17) is 0 Å². The van der Waals surface area contributed by atoms with Gasteiger partial charge in [0.1, 0.15) is 5.56 Å². The molecule has 4 rings (SSSR count). The molecule has 0 spiro atoms. The number of benzene rings is 1. The SMILES string of the molecule is Cn1nc(C2CC2)c(C(=O)c2ccc(S(C)(=O)=O)c(-n3cccn3)c2CS(C)(=O)=O)c1O. The summed E-state index contributed by atoms with van der Waals surface area (Å²) in [5, 5.41) is 18.9. The first-order valence-electron chi connectivity index (χ1n) is 9.72. The van der Waals surface area contributed by atoms with E-state index in [1.54, 1.807) is 6.07 Å². The van der Waals surface area contributed by atoms with Crippen molar-refractivity contribution in [1.29, 1.82) is 0 Å². The Labute approximate surface area is 185 Å². The third-order valence-electron chi connectivity index (χ3n) is 5.26. The van der Waals surface area contributed by atoms with Gasteiger partial charge in [-0.3, -0.25) is 4.79 Å². The molecule has 12 heteroatoms. The summed E-state index contributed by atoms with van der Waals surface area (Å²) in [7, 11) is -5.96. The zero-order valence-electron chi connectivity index (χ0n) is 17.7. The molecule has 1 aliphatic carbocycles. The number of hydrogen-bond donors (Lipinski definition) is 1. The molecule has 1 aromatic carbocycles. The molecular weight excluding hydrogens is 456 g/mol. The quantitative estimate of drug-likeness (QED) is 0.502. The van der Waals surface area contributed by atoms with Gasteiger partial charge in [-0.2, -0.15) is 10.2 Å². The second kappa shape index (κ2) is 7.55. The molecule has 1 fully saturated rings. The summed E-state index contributed by atoms with van der Waals surface area (Å²) < 4.78 is 52.0. The molecule has 0 atom stereocenters. The number of aromatic hydroxyl groups is 1. The Morgan fingerprint density at radius 3 is 2.41 bits per heavy atom. The van der Waals surface area contributed by atoms with Crippen molar-refractivity contribution in [3.8, 4) is 11.6 Å². The monoisotopic (exact) mass is 478 g/mol. The number of aromatic nitrogens is 4. The molecule has 2 heterocycles. The molecule has 2 aromatic heterocycles. The van der Waals surface area contributed by atoms with Gasteiger partial charge in [-0.05, 0) is 31.0 Å². The second-order valence-corrected chi connectivity index (χ2v) is 12.2. The van der Waals surface area contributed by atoms with Crippen molar-refractivity contribution in [2.24, 2.45) is 7.05 Å². The number of sulfone groups is 2. The first-order valence-corrected chi connectivity index (χ1v) is 13.7. The minimum absolute atomic E-state index is 0.00303. The largest absolute Gasteiger partial charge is 0.493 e. The van der Waals surface area contributed by atoms with Crippen LogP contribution < -0.4 is 0 Å². The highest BCUT2D eigenvalue weighted by molar-refractivity contribution is 7.91. The van der Waals surface area contributed by atoms with Crippen LogP contribution in [0.2, 0.25) is 0 Å². The van der Waals surface area contributed by atoms with Gasteiger partial charge < -0.3 is 5.11 Å². The zero-order valence-corrected chi connectivity index (χ0v) is 19.3. The third-order valence-corrected chi connectivity index (χ3v) is 7.21. The maximum Gasteiger partial charge on any atom is 0.220 e. The Hall–Kier alpha value is -2.99. The lowest BCUT2D eigenvalue weighted by Crippen LogP contribution is -2.17. The minimum Gasteiger partial charge on any atom is -0.493 e. The minimum atomic E-state index is -3.79. The molecule has 0 saturated heterocycles. The maximum absolute atomic E-state index is 13.6. The van der Waals surface area contributed by atoms with Crippen LogP contribution in [0.4, 0.5) is 0 Å². The number of ketones is 1. The van der Waals surface area contributed by atoms with Crippen molar-refractivity contribution < 1.29 is 26.7 Å². The van der Waals surface area contributed by atoms with Crippen molar-refractivity contribution >= 4 is 25.5 Å². The van der Waals surface area contributed by atoms with E-state index in [1.807, 2.05) is 0 Å². The molecule has 1 aliphatic rings. The number of carbonyl (C=O) groups excluding carboxylic acids is 1. The number of rotatable bonds is 7. The Balaban J connectivity index is 2.04. The van der Waals surface area contributed by atoms with Crippen LogP contribution in [0, 0.1) is 0 Å². The van der Waals surface area contributed by atoms with E-state index in [2.05, 4.69) is 10.2 Å². The number of aryl methyl sites for hydroxylation is 1. The van der Waals surface area contributed by atoms with Gasteiger partial charge in [-0.1, -0.05) is 0 Å². The van der Waals surface area contributed by atoms with Gasteiger partial charge in [-0.15, -0.1) is 0 Å². The summed E-state index contributed by atoms with van der Waals surface area (Å²) >= 11 is 0. The highest BCUT2D eigenvalue weighted by Gasteiger charge is 2.36. The predicted molar refractivity (Wildman–Crippen MR) is 116 cm³/mol. The number of hydrogen-bond acceptors (Lipinski definition) is 8. The van der Waals surface area contributed by atoms with Crippen LogP contribution in [-0.4, -0.2) is 59.8 Å². The molecule has 170 valence electrons. The molecule has 0 unspecified atom stereocenters. The summed E-state index contributed by atoms with van der Waals surface area (Å²) in [6.07, 6.45) is 6.55. The molecule has 0 radical (unpaired) electrons. The first-order chi connectivity index (χ1) is 14.9. The van der Waals surface area contributed by atoms with Crippen molar-refractivity contribution in [3.05, 3.63) is 53.0 Å². The van der Waals surface area contributed by atoms with Gasteiger partial charge in [0.05, 0.1) is 22.0 Å². The van der Waals surface area contributed by atoms with Gasteiger partial charge >= 0.3 is 0 Å². The van der Waals surface area contributed by atoms with Crippen LogP contribution in [0.1, 0.15) is 45.9 Å². The molecule has 0 bridgehead atoms. The van der Waals surface area contributed by atoms with Crippen LogP contribution >= 0.6 is 0 Å². The molecule has 1 N–H and O–H groups in total. The molecule has 32 heavy (non-hydrogen) atoms. The van der Waals surface area contributed by atoms with Crippen LogP contribution in [0.5, 0.6) is 5.88 Å². The van der Waals surface area contributed by atoms with Gasteiger partial charge in [-0.25, -0.2) is 26.2 Å². The van der Waals surface area contributed by atoms with Crippen molar-refractivity contribution in [3.63, 3.8) is 0 Å². The summed E-state index contributed by atoms with van der Waals surface area (Å²) in [5.74, 6) is -1.49. The van der Waals surface area contributed by atoms with Crippen LogP contribution in [-0.2, 0) is 32.5 Å². The van der Waals surface area contributed by atoms with E-state index >= 15 is 0 Å². The maximum atomic E-state index is 13.6. The number of carbonyl (C=O) groups is 1. The average molecular weight is 479 g/mol. The molecule has 1 saturated carbocycles. The normalized spacial score (nSPS) is 14.6. The van der Waals surface area contributed by atoms with E-state index in [1.165, 1.54) is 40.9 Å². The Morgan fingerprint density at radius 2 is 1.88 bits per heavy atom. The fourth-order valence-electron chi connectivity index (χ4n) is 3.72. The molecular formula is C20H22N4O6S2. The fourth-order valence-corrected chi connectivity index (χ4v) is 5.42. The van der Waals surface area contributed by atoms with Gasteiger partial charge in [0.2, 0.25) is 11.7 Å². The predicted octanol–water partition coefficient (Wildman–Crippen LogP) is 1.37. The van der Waals surface area contributed by atoms with Crippen LogP contribution in [0.25, 0.3) is 5.69 Å². The van der Waals surface area contributed by atoms with Gasteiger partial charge in [0.25, 0.3) is 0 Å². The zero-order chi connectivity index (χ0) is 23.4. The topological polar surface area (TPSA) is 141 Å². The number of nitrogens with zero attached hydrogens (tertiary/aromatic N) is 4. The van der Waals surface area contributed by atoms with Crippen molar-refractivity contribution in [2.75, 3.05) is 12.5 Å². The molecule has 0 amide bonds. The van der Waals surface area contributed by atoms with E-state index in [-0.39, 0.29) is 39.1 Å². The lowest BCUT2D eigenvalue weighted by Gasteiger charge is -2.17.